The molecule has 13 heavy (non-hydrogen) atoms. The van der Waals surface area contributed by atoms with E-state index in [9.17, 15) is 13.6 Å². The maximum atomic E-state index is 12.8. The van der Waals surface area contributed by atoms with Gasteiger partial charge in [0.2, 0.25) is 5.92 Å². The number of carbonyl (C=O) groups excluding carboxylic acids is 1. The zero-order valence-corrected chi connectivity index (χ0v) is 9.07. The molecule has 0 aromatic rings. The van der Waals surface area contributed by atoms with Crippen molar-refractivity contribution in [3.8, 4) is 0 Å². The molecule has 0 spiro atoms. The topological polar surface area (TPSA) is 26.3 Å². The van der Waals surface area contributed by atoms with Gasteiger partial charge in [-0.2, -0.15) is 0 Å². The zero-order valence-electron chi connectivity index (χ0n) is 7.49. The van der Waals surface area contributed by atoms with Crippen LogP contribution in [0, 0.1) is 0 Å². The second kappa shape index (κ2) is 6.29. The molecule has 0 fully saturated rings. The summed E-state index contributed by atoms with van der Waals surface area (Å²) in [4.78, 5) is 10.7. The molecule has 0 aromatic carbocycles. The van der Waals surface area contributed by atoms with Crippen LogP contribution in [0.3, 0.4) is 0 Å². The van der Waals surface area contributed by atoms with Gasteiger partial charge in [-0.15, -0.1) is 0 Å². The summed E-state index contributed by atoms with van der Waals surface area (Å²) in [6.07, 6.45) is -0.891. The summed E-state index contributed by atoms with van der Waals surface area (Å²) in [7, 11) is 0. The maximum Gasteiger partial charge on any atom is 0.305 e. The van der Waals surface area contributed by atoms with Crippen molar-refractivity contribution in [1.29, 1.82) is 0 Å². The van der Waals surface area contributed by atoms with Crippen LogP contribution in [-0.2, 0) is 9.53 Å². The van der Waals surface area contributed by atoms with E-state index in [4.69, 9.17) is 0 Å². The van der Waals surface area contributed by atoms with E-state index in [0.717, 1.165) is 0 Å². The van der Waals surface area contributed by atoms with E-state index in [2.05, 4.69) is 20.7 Å². The van der Waals surface area contributed by atoms with Gasteiger partial charge in [0.15, 0.2) is 0 Å². The lowest BCUT2D eigenvalue weighted by atomic mass is 10.1. The predicted octanol–water partition coefficient (Wildman–Crippen LogP) is 2.75. The van der Waals surface area contributed by atoms with Gasteiger partial charge >= 0.3 is 5.97 Å². The molecule has 0 amide bonds. The summed E-state index contributed by atoms with van der Waals surface area (Å²) < 4.78 is 30.1. The van der Waals surface area contributed by atoms with Crippen LogP contribution in [0.15, 0.2) is 0 Å². The lowest BCUT2D eigenvalue weighted by molar-refractivity contribution is -0.145. The van der Waals surface area contributed by atoms with Gasteiger partial charge in [-0.25, -0.2) is 8.78 Å². The van der Waals surface area contributed by atoms with Crippen LogP contribution < -0.4 is 0 Å². The minimum atomic E-state index is -2.77. The average molecular weight is 259 g/mol. The minimum Gasteiger partial charge on any atom is -0.466 e. The largest absolute Gasteiger partial charge is 0.466 e. The standard InChI is InChI=1S/C8H13BrF2O2/c1-2-13-7(12)3-4-8(10,11)5-6-9/h2-6H2,1H3. The smallest absolute Gasteiger partial charge is 0.305 e. The lowest BCUT2D eigenvalue weighted by Crippen LogP contribution is -2.19. The molecular weight excluding hydrogens is 246 g/mol. The monoisotopic (exact) mass is 258 g/mol. The fourth-order valence-corrected chi connectivity index (χ4v) is 1.36. The van der Waals surface area contributed by atoms with Gasteiger partial charge in [0, 0.05) is 18.2 Å². The van der Waals surface area contributed by atoms with Crippen molar-refractivity contribution < 1.29 is 18.3 Å². The van der Waals surface area contributed by atoms with Gasteiger partial charge in [0.25, 0.3) is 0 Å². The van der Waals surface area contributed by atoms with E-state index >= 15 is 0 Å². The first kappa shape index (κ1) is 12.8. The van der Waals surface area contributed by atoms with E-state index < -0.39 is 18.3 Å². The van der Waals surface area contributed by atoms with Crippen LogP contribution in [0.5, 0.6) is 0 Å². The van der Waals surface area contributed by atoms with Crippen molar-refractivity contribution in [3.05, 3.63) is 0 Å². The Balaban J connectivity index is 3.67. The van der Waals surface area contributed by atoms with E-state index in [1.165, 1.54) is 0 Å². The fourth-order valence-electron chi connectivity index (χ4n) is 0.781. The first-order valence-electron chi connectivity index (χ1n) is 4.11. The number of ether oxygens (including phenoxy) is 1. The Morgan fingerprint density at radius 3 is 2.54 bits per heavy atom. The highest BCUT2D eigenvalue weighted by atomic mass is 79.9. The number of rotatable bonds is 6. The van der Waals surface area contributed by atoms with Gasteiger partial charge in [-0.05, 0) is 6.92 Å². The summed E-state index contributed by atoms with van der Waals surface area (Å²) in [5.41, 5.74) is 0. The summed E-state index contributed by atoms with van der Waals surface area (Å²) in [5, 5.41) is 0.239. The Kier molecular flexibility index (Phi) is 6.20. The van der Waals surface area contributed by atoms with Crippen molar-refractivity contribution in [3.63, 3.8) is 0 Å². The number of alkyl halides is 3. The molecule has 0 atom stereocenters. The first-order valence-corrected chi connectivity index (χ1v) is 5.23. The Labute approximate surface area is 84.8 Å². The quantitative estimate of drug-likeness (QED) is 0.541. The summed E-state index contributed by atoms with van der Waals surface area (Å²) in [6, 6.07) is 0. The number of halogens is 3. The second-order valence-electron chi connectivity index (χ2n) is 2.60. The third-order valence-corrected chi connectivity index (χ3v) is 1.86. The van der Waals surface area contributed by atoms with Crippen LogP contribution in [0.1, 0.15) is 26.2 Å². The number of esters is 1. The van der Waals surface area contributed by atoms with Gasteiger partial charge in [-0.1, -0.05) is 15.9 Å². The van der Waals surface area contributed by atoms with E-state index in [-0.39, 0.29) is 24.8 Å². The summed E-state index contributed by atoms with van der Waals surface area (Å²) in [5.74, 6) is -3.33. The molecule has 0 radical (unpaired) electrons. The molecule has 0 aliphatic heterocycles. The van der Waals surface area contributed by atoms with Crippen molar-refractivity contribution in [1.82, 2.24) is 0 Å². The van der Waals surface area contributed by atoms with Crippen molar-refractivity contribution in [2.24, 2.45) is 0 Å². The zero-order chi connectivity index (χ0) is 10.3. The molecule has 0 saturated heterocycles. The third kappa shape index (κ3) is 6.93. The second-order valence-corrected chi connectivity index (χ2v) is 3.39. The number of carbonyl (C=O) groups is 1. The summed E-state index contributed by atoms with van der Waals surface area (Å²) in [6.45, 7) is 1.89. The predicted molar refractivity (Wildman–Crippen MR) is 49.2 cm³/mol. The van der Waals surface area contributed by atoms with Crippen LogP contribution in [0.25, 0.3) is 0 Å². The van der Waals surface area contributed by atoms with Crippen molar-refractivity contribution >= 4 is 21.9 Å². The first-order chi connectivity index (χ1) is 6.02. The maximum absolute atomic E-state index is 12.8. The van der Waals surface area contributed by atoms with Crippen LogP contribution in [0.4, 0.5) is 8.78 Å². The lowest BCUT2D eigenvalue weighted by Gasteiger charge is -2.13. The molecule has 0 bridgehead atoms. The van der Waals surface area contributed by atoms with E-state index in [1.54, 1.807) is 6.92 Å². The molecule has 0 rings (SSSR count). The number of hydrogen-bond donors (Lipinski definition) is 0. The van der Waals surface area contributed by atoms with E-state index in [1.807, 2.05) is 0 Å². The molecular formula is C8H13BrF2O2. The molecule has 0 N–H and O–H groups in total. The molecule has 0 saturated carbocycles. The minimum absolute atomic E-state index is 0.214. The van der Waals surface area contributed by atoms with Gasteiger partial charge in [-0.3, -0.25) is 4.79 Å². The highest BCUT2D eigenvalue weighted by Crippen LogP contribution is 2.25. The third-order valence-electron chi connectivity index (χ3n) is 1.46. The highest BCUT2D eigenvalue weighted by molar-refractivity contribution is 9.09. The molecule has 0 unspecified atom stereocenters. The Morgan fingerprint density at radius 2 is 2.08 bits per heavy atom. The SMILES string of the molecule is CCOC(=O)CCC(F)(F)CCBr. The molecule has 78 valence electrons. The molecule has 0 aromatic heterocycles. The van der Waals surface area contributed by atoms with Gasteiger partial charge in [0.1, 0.15) is 0 Å². The van der Waals surface area contributed by atoms with Gasteiger partial charge < -0.3 is 4.74 Å². The molecule has 0 aliphatic rings. The molecule has 0 aliphatic carbocycles. The van der Waals surface area contributed by atoms with Crippen LogP contribution in [0.2, 0.25) is 0 Å². The Hall–Kier alpha value is -0.190. The van der Waals surface area contributed by atoms with Crippen molar-refractivity contribution in [2.45, 2.75) is 32.1 Å². The molecule has 0 heterocycles. The van der Waals surface area contributed by atoms with E-state index in [0.29, 0.717) is 0 Å². The Morgan fingerprint density at radius 1 is 1.46 bits per heavy atom. The molecule has 2 nitrogen and oxygen atoms in total. The fraction of sp³-hybridized carbons (Fsp3) is 0.875. The summed E-state index contributed by atoms with van der Waals surface area (Å²) >= 11 is 2.93. The molecule has 5 heteroatoms. The number of hydrogen-bond acceptors (Lipinski definition) is 2. The highest BCUT2D eigenvalue weighted by Gasteiger charge is 2.28. The van der Waals surface area contributed by atoms with Gasteiger partial charge in [0.05, 0.1) is 13.0 Å². The average Bonchev–Trinajstić information content (AvgIpc) is 2.02. The van der Waals surface area contributed by atoms with Crippen LogP contribution >= 0.6 is 15.9 Å². The van der Waals surface area contributed by atoms with Crippen LogP contribution in [-0.4, -0.2) is 23.8 Å². The van der Waals surface area contributed by atoms with Crippen molar-refractivity contribution in [2.75, 3.05) is 11.9 Å². The Bertz CT molecular complexity index is 162. The normalized spacial score (nSPS) is 11.4.